The van der Waals surface area contributed by atoms with Crippen molar-refractivity contribution in [1.29, 1.82) is 0 Å². The number of hydrogen-bond donors (Lipinski definition) is 2. The Balaban J connectivity index is 2.17. The molecular formula is C12H14FN3O3S. The van der Waals surface area contributed by atoms with E-state index in [2.05, 4.69) is 9.71 Å². The van der Waals surface area contributed by atoms with Gasteiger partial charge in [0.25, 0.3) is 0 Å². The monoisotopic (exact) mass is 299 g/mol. The van der Waals surface area contributed by atoms with Crippen molar-refractivity contribution in [3.8, 4) is 0 Å². The fraction of sp³-hybridized carbons (Fsp3) is 0.250. The van der Waals surface area contributed by atoms with Crippen molar-refractivity contribution >= 4 is 15.7 Å². The van der Waals surface area contributed by atoms with Gasteiger partial charge in [-0.1, -0.05) is 6.92 Å². The van der Waals surface area contributed by atoms with E-state index in [0.29, 0.717) is 12.2 Å². The summed E-state index contributed by atoms with van der Waals surface area (Å²) in [5.41, 5.74) is 5.52. The lowest BCUT2D eigenvalue weighted by atomic mass is 10.3. The van der Waals surface area contributed by atoms with Gasteiger partial charge in [-0.25, -0.2) is 22.5 Å². The Labute approximate surface area is 115 Å². The smallest absolute Gasteiger partial charge is 0.243 e. The molecule has 0 amide bonds. The highest BCUT2D eigenvalue weighted by Gasteiger charge is 2.19. The van der Waals surface area contributed by atoms with E-state index in [0.717, 1.165) is 12.1 Å². The topological polar surface area (TPSA) is 98.2 Å². The molecule has 0 aliphatic rings. The molecule has 3 N–H and O–H groups in total. The number of halogens is 1. The number of nitrogens with one attached hydrogen (secondary N) is 1. The molecule has 0 spiro atoms. The number of aromatic nitrogens is 1. The summed E-state index contributed by atoms with van der Waals surface area (Å²) in [6.45, 7) is 1.76. The Morgan fingerprint density at radius 2 is 2.20 bits per heavy atom. The predicted molar refractivity (Wildman–Crippen MR) is 70.7 cm³/mol. The molecule has 0 fully saturated rings. The second kappa shape index (κ2) is 5.59. The van der Waals surface area contributed by atoms with Crippen LogP contribution in [0.4, 0.5) is 10.1 Å². The maximum atomic E-state index is 13.1. The van der Waals surface area contributed by atoms with Gasteiger partial charge in [0.1, 0.15) is 16.5 Å². The minimum atomic E-state index is -3.92. The minimum Gasteiger partial charge on any atom is -0.444 e. The first-order chi connectivity index (χ1) is 9.42. The van der Waals surface area contributed by atoms with Gasteiger partial charge in [-0.05, 0) is 18.2 Å². The van der Waals surface area contributed by atoms with Crippen LogP contribution in [0.1, 0.15) is 18.6 Å². The number of nitrogen functional groups attached to an aromatic ring is 1. The van der Waals surface area contributed by atoms with Crippen molar-refractivity contribution in [1.82, 2.24) is 9.71 Å². The Bertz CT molecular complexity index is 712. The van der Waals surface area contributed by atoms with Crippen LogP contribution in [0.25, 0.3) is 0 Å². The van der Waals surface area contributed by atoms with Crippen molar-refractivity contribution in [2.45, 2.75) is 24.8 Å². The molecule has 0 aliphatic carbocycles. The van der Waals surface area contributed by atoms with E-state index >= 15 is 0 Å². The summed E-state index contributed by atoms with van der Waals surface area (Å²) in [5.74, 6) is 0.217. The first-order valence-corrected chi connectivity index (χ1v) is 7.39. The van der Waals surface area contributed by atoms with Gasteiger partial charge in [0.15, 0.2) is 0 Å². The maximum Gasteiger partial charge on any atom is 0.243 e. The fourth-order valence-corrected chi connectivity index (χ4v) is 2.68. The summed E-state index contributed by atoms with van der Waals surface area (Å²) < 4.78 is 44.7. The number of anilines is 1. The quantitative estimate of drug-likeness (QED) is 0.814. The van der Waals surface area contributed by atoms with Gasteiger partial charge in [-0.3, -0.25) is 0 Å². The molecule has 2 rings (SSSR count). The molecule has 0 radical (unpaired) electrons. The van der Waals surface area contributed by atoms with E-state index in [9.17, 15) is 12.8 Å². The van der Waals surface area contributed by atoms with Crippen LogP contribution in [0.5, 0.6) is 0 Å². The van der Waals surface area contributed by atoms with Gasteiger partial charge < -0.3 is 10.2 Å². The van der Waals surface area contributed by atoms with Crippen molar-refractivity contribution in [2.24, 2.45) is 0 Å². The van der Waals surface area contributed by atoms with E-state index in [1.807, 2.05) is 6.92 Å². The third kappa shape index (κ3) is 3.14. The van der Waals surface area contributed by atoms with Gasteiger partial charge in [0.2, 0.25) is 15.9 Å². The lowest BCUT2D eigenvalue weighted by molar-refractivity contribution is 0.452. The summed E-state index contributed by atoms with van der Waals surface area (Å²) in [5, 5.41) is 0. The van der Waals surface area contributed by atoms with Gasteiger partial charge in [-0.15, -0.1) is 0 Å². The molecule has 0 aliphatic heterocycles. The van der Waals surface area contributed by atoms with E-state index in [1.54, 1.807) is 0 Å². The van der Waals surface area contributed by atoms with Crippen LogP contribution in [0, 0.1) is 5.82 Å². The van der Waals surface area contributed by atoms with Gasteiger partial charge in [0, 0.05) is 6.42 Å². The Morgan fingerprint density at radius 1 is 1.45 bits per heavy atom. The number of benzene rings is 1. The van der Waals surface area contributed by atoms with E-state index < -0.39 is 15.8 Å². The van der Waals surface area contributed by atoms with Crippen molar-refractivity contribution in [2.75, 3.05) is 5.73 Å². The largest absolute Gasteiger partial charge is 0.444 e. The third-order valence-corrected chi connectivity index (χ3v) is 4.09. The lowest BCUT2D eigenvalue weighted by Gasteiger charge is -2.07. The van der Waals surface area contributed by atoms with Crippen LogP contribution >= 0.6 is 0 Å². The first kappa shape index (κ1) is 14.5. The fourth-order valence-electron chi connectivity index (χ4n) is 1.57. The minimum absolute atomic E-state index is 0.0273. The molecule has 0 bridgehead atoms. The number of aryl methyl sites for hydroxylation is 1. The number of hydrogen-bond acceptors (Lipinski definition) is 5. The van der Waals surface area contributed by atoms with E-state index in [-0.39, 0.29) is 23.0 Å². The standard InChI is InChI=1S/C12H14FN3O3S/c1-2-9-6-15-12(19-9)7-16-20(17,18)11-5-8(13)3-4-10(11)14/h3-6,16H,2,7,14H2,1H3. The zero-order valence-corrected chi connectivity index (χ0v) is 11.6. The first-order valence-electron chi connectivity index (χ1n) is 5.90. The highest BCUT2D eigenvalue weighted by atomic mass is 32.2. The molecule has 0 saturated carbocycles. The summed E-state index contributed by atoms with van der Waals surface area (Å²) in [7, 11) is -3.92. The molecular weight excluding hydrogens is 285 g/mol. The Morgan fingerprint density at radius 3 is 2.85 bits per heavy atom. The SMILES string of the molecule is CCc1cnc(CNS(=O)(=O)c2cc(F)ccc2N)o1. The van der Waals surface area contributed by atoms with Crippen molar-refractivity contribution in [3.05, 3.63) is 41.9 Å². The van der Waals surface area contributed by atoms with Crippen LogP contribution < -0.4 is 10.5 Å². The average Bonchev–Trinajstić information content (AvgIpc) is 2.87. The number of rotatable bonds is 5. The zero-order chi connectivity index (χ0) is 14.8. The van der Waals surface area contributed by atoms with Crippen LogP contribution in [-0.2, 0) is 23.0 Å². The average molecular weight is 299 g/mol. The van der Waals surface area contributed by atoms with Gasteiger partial charge >= 0.3 is 0 Å². The summed E-state index contributed by atoms with van der Waals surface area (Å²) in [6, 6.07) is 3.16. The van der Waals surface area contributed by atoms with E-state index in [1.165, 1.54) is 12.3 Å². The second-order valence-corrected chi connectivity index (χ2v) is 5.82. The van der Waals surface area contributed by atoms with Crippen molar-refractivity contribution in [3.63, 3.8) is 0 Å². The second-order valence-electron chi connectivity index (χ2n) is 4.08. The number of sulfonamides is 1. The summed E-state index contributed by atoms with van der Waals surface area (Å²) in [6.07, 6.45) is 2.19. The van der Waals surface area contributed by atoms with Gasteiger partial charge in [-0.2, -0.15) is 0 Å². The zero-order valence-electron chi connectivity index (χ0n) is 10.8. The van der Waals surface area contributed by atoms with Crippen molar-refractivity contribution < 1.29 is 17.2 Å². The molecule has 108 valence electrons. The van der Waals surface area contributed by atoms with E-state index in [4.69, 9.17) is 10.2 Å². The maximum absolute atomic E-state index is 13.1. The number of nitrogens with zero attached hydrogens (tertiary/aromatic N) is 1. The lowest BCUT2D eigenvalue weighted by Crippen LogP contribution is -2.24. The number of nitrogens with two attached hydrogens (primary N) is 1. The number of oxazole rings is 1. The highest BCUT2D eigenvalue weighted by Crippen LogP contribution is 2.19. The molecule has 8 heteroatoms. The van der Waals surface area contributed by atoms with Crippen LogP contribution in [0.2, 0.25) is 0 Å². The van der Waals surface area contributed by atoms with Gasteiger partial charge in [0.05, 0.1) is 18.4 Å². The van der Waals surface area contributed by atoms with Crippen LogP contribution in [0.15, 0.2) is 33.7 Å². The summed E-state index contributed by atoms with van der Waals surface area (Å²) in [4.78, 5) is 3.62. The molecule has 0 atom stereocenters. The molecule has 20 heavy (non-hydrogen) atoms. The molecule has 0 unspecified atom stereocenters. The van der Waals surface area contributed by atoms with Crippen LogP contribution in [-0.4, -0.2) is 13.4 Å². The normalized spacial score (nSPS) is 11.7. The predicted octanol–water partition coefficient (Wildman–Crippen LogP) is 1.44. The molecule has 1 aromatic carbocycles. The molecule has 1 aromatic heterocycles. The van der Waals surface area contributed by atoms with Crippen LogP contribution in [0.3, 0.4) is 0 Å². The highest BCUT2D eigenvalue weighted by molar-refractivity contribution is 7.89. The molecule has 2 aromatic rings. The Kier molecular flexibility index (Phi) is 4.05. The summed E-state index contributed by atoms with van der Waals surface area (Å²) >= 11 is 0. The molecule has 1 heterocycles. The Hall–Kier alpha value is -1.93. The molecule has 6 nitrogen and oxygen atoms in total. The molecule has 0 saturated heterocycles. The third-order valence-electron chi connectivity index (χ3n) is 2.63.